The zero-order valence-electron chi connectivity index (χ0n) is 58.6. The van der Waals surface area contributed by atoms with Gasteiger partial charge in [-0.15, -0.1) is 0 Å². The summed E-state index contributed by atoms with van der Waals surface area (Å²) in [5.41, 5.74) is 0. The molecule has 0 radical (unpaired) electrons. The molecule has 3 N–H and O–H groups in total. The average Bonchev–Trinajstić information content (AvgIpc) is 2.80. The van der Waals surface area contributed by atoms with Crippen molar-refractivity contribution in [1.29, 1.82) is 0 Å². The largest absolute Gasteiger partial charge is 0.472 e. The number of phosphoric ester groups is 2. The van der Waals surface area contributed by atoms with Crippen molar-refractivity contribution in [1.82, 2.24) is 0 Å². The summed E-state index contributed by atoms with van der Waals surface area (Å²) in [6.07, 6.45) is 45.8. The van der Waals surface area contributed by atoms with Crippen molar-refractivity contribution in [3.8, 4) is 0 Å². The van der Waals surface area contributed by atoms with Gasteiger partial charge in [0.25, 0.3) is 0 Å². The maximum atomic E-state index is 13.0. The normalized spacial score (nSPS) is 14.2. The Kier molecular flexibility index (Phi) is 60.6. The maximum Gasteiger partial charge on any atom is 0.472 e. The number of rotatable bonds is 69. The number of ether oxygens (including phenoxy) is 4. The lowest BCUT2D eigenvalue weighted by Gasteiger charge is -2.21. The van der Waals surface area contributed by atoms with E-state index >= 15 is 0 Å². The van der Waals surface area contributed by atoms with Crippen molar-refractivity contribution in [2.45, 2.75) is 375 Å². The molecule has 19 heteroatoms. The van der Waals surface area contributed by atoms with E-state index in [0.29, 0.717) is 25.7 Å². The van der Waals surface area contributed by atoms with Crippen LogP contribution in [0.5, 0.6) is 0 Å². The lowest BCUT2D eigenvalue weighted by atomic mass is 10.0. The van der Waals surface area contributed by atoms with Crippen molar-refractivity contribution in [2.24, 2.45) is 17.8 Å². The van der Waals surface area contributed by atoms with E-state index < -0.39 is 97.5 Å². The van der Waals surface area contributed by atoms with E-state index in [1.165, 1.54) is 161 Å². The second-order valence-electron chi connectivity index (χ2n) is 27.1. The quantitative estimate of drug-likeness (QED) is 0.0222. The van der Waals surface area contributed by atoms with Gasteiger partial charge in [0.05, 0.1) is 26.4 Å². The maximum absolute atomic E-state index is 13.0. The van der Waals surface area contributed by atoms with Gasteiger partial charge in [-0.25, -0.2) is 9.13 Å². The number of unbranched alkanes of at least 4 members (excludes halogenated alkanes) is 37. The van der Waals surface area contributed by atoms with Crippen molar-refractivity contribution in [3.63, 3.8) is 0 Å². The molecule has 90 heavy (non-hydrogen) atoms. The monoisotopic (exact) mass is 1320 g/mol. The Balaban J connectivity index is 5.23. The van der Waals surface area contributed by atoms with Gasteiger partial charge in [0.1, 0.15) is 19.3 Å². The van der Waals surface area contributed by atoms with Crippen molar-refractivity contribution in [3.05, 3.63) is 0 Å². The lowest BCUT2D eigenvalue weighted by molar-refractivity contribution is -0.161. The first-order chi connectivity index (χ1) is 43.2. The van der Waals surface area contributed by atoms with Crippen LogP contribution in [-0.4, -0.2) is 96.7 Å². The zero-order valence-corrected chi connectivity index (χ0v) is 60.4. The van der Waals surface area contributed by atoms with Gasteiger partial charge >= 0.3 is 39.5 Å². The summed E-state index contributed by atoms with van der Waals surface area (Å²) in [7, 11) is -9.90. The molecule has 0 aromatic heterocycles. The van der Waals surface area contributed by atoms with Crippen LogP contribution in [0.1, 0.15) is 357 Å². The van der Waals surface area contributed by atoms with E-state index in [0.717, 1.165) is 114 Å². The second kappa shape index (κ2) is 61.9. The molecule has 0 saturated heterocycles. The molecular formula is C71H138O17P2. The number of hydrogen-bond donors (Lipinski definition) is 3. The Morgan fingerprint density at radius 1 is 0.300 bits per heavy atom. The molecule has 5 atom stereocenters. The van der Waals surface area contributed by atoms with Gasteiger partial charge in [-0.05, 0) is 43.4 Å². The molecule has 0 aliphatic carbocycles. The fourth-order valence-corrected chi connectivity index (χ4v) is 12.3. The highest BCUT2D eigenvalue weighted by molar-refractivity contribution is 7.47. The number of esters is 4. The molecule has 534 valence electrons. The summed E-state index contributed by atoms with van der Waals surface area (Å²) >= 11 is 0. The third kappa shape index (κ3) is 64.8. The highest BCUT2D eigenvalue weighted by Crippen LogP contribution is 2.45. The summed E-state index contributed by atoms with van der Waals surface area (Å²) in [6, 6.07) is 0. The van der Waals surface area contributed by atoms with Crippen LogP contribution < -0.4 is 0 Å². The predicted molar refractivity (Wildman–Crippen MR) is 363 cm³/mol. The highest BCUT2D eigenvalue weighted by Gasteiger charge is 2.30. The van der Waals surface area contributed by atoms with Crippen LogP contribution in [0, 0.1) is 17.8 Å². The molecule has 17 nitrogen and oxygen atoms in total. The summed E-state index contributed by atoms with van der Waals surface area (Å²) in [4.78, 5) is 72.5. The minimum absolute atomic E-state index is 0.105. The fourth-order valence-electron chi connectivity index (χ4n) is 10.7. The first-order valence-electron chi connectivity index (χ1n) is 36.8. The van der Waals surface area contributed by atoms with Gasteiger partial charge in [-0.2, -0.15) is 0 Å². The standard InChI is InChI=1S/C71H138O17P2/c1-8-9-10-11-12-31-38-45-52-68(73)81-58-66(87-71(76)55-48-41-34-27-21-20-24-30-37-44-51-64(6)7)60-85-89(77,78)83-56-65(72)57-84-90(79,80)86-61-67(59-82-69(74)53-46-39-32-25-19-15-17-23-29-36-43-50-63(4)5)88-70(75)54-47-40-33-26-18-14-13-16-22-28-35-42-49-62(2)3/h62-67,72H,8-61H2,1-7H3,(H,77,78)(H,79,80)/t65-,66+,67+/m0/s1. The molecule has 0 fully saturated rings. The Bertz CT molecular complexity index is 1770. The molecule has 0 spiro atoms. The number of carbonyl (C=O) groups excluding carboxylic acids is 4. The van der Waals surface area contributed by atoms with E-state index in [9.17, 15) is 43.2 Å². The average molecular weight is 1330 g/mol. The zero-order chi connectivity index (χ0) is 66.6. The predicted octanol–water partition coefficient (Wildman–Crippen LogP) is 20.2. The number of carbonyl (C=O) groups is 4. The molecule has 0 saturated carbocycles. The second-order valence-corrected chi connectivity index (χ2v) is 30.0. The van der Waals surface area contributed by atoms with Crippen LogP contribution in [0.25, 0.3) is 0 Å². The third-order valence-electron chi connectivity index (χ3n) is 16.4. The van der Waals surface area contributed by atoms with Gasteiger partial charge in [-0.3, -0.25) is 37.3 Å². The Hall–Kier alpha value is -1.94. The van der Waals surface area contributed by atoms with Gasteiger partial charge in [0.2, 0.25) is 0 Å². The Morgan fingerprint density at radius 3 is 0.756 bits per heavy atom. The van der Waals surface area contributed by atoms with Crippen LogP contribution in [-0.2, 0) is 65.4 Å². The highest BCUT2D eigenvalue weighted by atomic mass is 31.2. The lowest BCUT2D eigenvalue weighted by Crippen LogP contribution is -2.30. The number of aliphatic hydroxyl groups excluding tert-OH is 1. The summed E-state index contributed by atoms with van der Waals surface area (Å²) in [5, 5.41) is 10.6. The van der Waals surface area contributed by atoms with Crippen LogP contribution in [0.3, 0.4) is 0 Å². The molecule has 0 aromatic carbocycles. The minimum atomic E-state index is -4.95. The third-order valence-corrected chi connectivity index (χ3v) is 18.3. The van der Waals surface area contributed by atoms with Crippen LogP contribution in [0.4, 0.5) is 0 Å². The van der Waals surface area contributed by atoms with Gasteiger partial charge in [-0.1, -0.05) is 305 Å². The van der Waals surface area contributed by atoms with Crippen molar-refractivity contribution >= 4 is 39.5 Å². The van der Waals surface area contributed by atoms with E-state index in [4.69, 9.17) is 37.0 Å². The van der Waals surface area contributed by atoms with Crippen LogP contribution in [0.15, 0.2) is 0 Å². The van der Waals surface area contributed by atoms with E-state index in [-0.39, 0.29) is 25.7 Å². The number of phosphoric acid groups is 2. The molecule has 0 bridgehead atoms. The van der Waals surface area contributed by atoms with E-state index in [1.54, 1.807) is 0 Å². The van der Waals surface area contributed by atoms with Crippen molar-refractivity contribution < 1.29 is 80.2 Å². The molecule has 0 aromatic rings. The topological polar surface area (TPSA) is 237 Å². The summed E-state index contributed by atoms with van der Waals surface area (Å²) < 4.78 is 68.3. The minimum Gasteiger partial charge on any atom is -0.462 e. The molecule has 0 rings (SSSR count). The summed E-state index contributed by atoms with van der Waals surface area (Å²) in [6.45, 7) is 11.8. The first-order valence-corrected chi connectivity index (χ1v) is 39.8. The molecule has 0 aliphatic heterocycles. The van der Waals surface area contributed by atoms with Crippen LogP contribution >= 0.6 is 15.6 Å². The molecule has 0 aliphatic rings. The van der Waals surface area contributed by atoms with Gasteiger partial charge in [0.15, 0.2) is 12.2 Å². The molecular weight excluding hydrogens is 1190 g/mol. The Morgan fingerprint density at radius 2 is 0.511 bits per heavy atom. The van der Waals surface area contributed by atoms with E-state index in [1.807, 2.05) is 0 Å². The van der Waals surface area contributed by atoms with Gasteiger partial charge < -0.3 is 33.8 Å². The van der Waals surface area contributed by atoms with Crippen molar-refractivity contribution in [2.75, 3.05) is 39.6 Å². The fraction of sp³-hybridized carbons (Fsp3) is 0.944. The summed E-state index contributed by atoms with van der Waals surface area (Å²) in [5.74, 6) is 0.173. The first kappa shape index (κ1) is 88.1. The van der Waals surface area contributed by atoms with E-state index in [2.05, 4.69) is 48.5 Å². The number of aliphatic hydroxyl groups is 1. The number of hydrogen-bond acceptors (Lipinski definition) is 15. The van der Waals surface area contributed by atoms with Crippen LogP contribution in [0.2, 0.25) is 0 Å². The molecule has 0 heterocycles. The van der Waals surface area contributed by atoms with Gasteiger partial charge in [0, 0.05) is 25.7 Å². The smallest absolute Gasteiger partial charge is 0.462 e. The Labute approximate surface area is 549 Å². The molecule has 2 unspecified atom stereocenters. The SMILES string of the molecule is CCCCCCCCCCC(=O)OC[C@H](COP(=O)(O)OC[C@H](O)COP(=O)(O)OC[C@@H](COC(=O)CCCCCCCCCCCCCC(C)C)OC(=O)CCCCCCCCCCCCCCC(C)C)OC(=O)CCCCCCCCCCCCC(C)C. The molecule has 0 amide bonds.